The molecule has 1 aliphatic heterocycles. The summed E-state index contributed by atoms with van der Waals surface area (Å²) in [7, 11) is 1.21. The molecule has 2 heterocycles. The first-order valence-corrected chi connectivity index (χ1v) is 6.67. The summed E-state index contributed by atoms with van der Waals surface area (Å²) >= 11 is 0.773. The van der Waals surface area contributed by atoms with Crippen LogP contribution >= 0.6 is 11.8 Å². The number of carbonyl (C=O) groups is 3. The molecular formula is C13H13NO5S. The number of hydrogen-bond acceptors (Lipinski definition) is 6. The maximum Gasteiger partial charge on any atom is 0.328 e. The van der Waals surface area contributed by atoms with Gasteiger partial charge in [-0.2, -0.15) is 0 Å². The Labute approximate surface area is 119 Å². The lowest BCUT2D eigenvalue weighted by atomic mass is 10.3. The van der Waals surface area contributed by atoms with Crippen LogP contribution < -0.4 is 0 Å². The van der Waals surface area contributed by atoms with Gasteiger partial charge in [-0.3, -0.25) is 14.5 Å². The van der Waals surface area contributed by atoms with Crippen LogP contribution in [0.3, 0.4) is 0 Å². The zero-order valence-corrected chi connectivity index (χ0v) is 12.0. The molecule has 0 unspecified atom stereocenters. The van der Waals surface area contributed by atoms with Crippen molar-refractivity contribution in [3.8, 4) is 0 Å². The zero-order chi connectivity index (χ0) is 14.9. The van der Waals surface area contributed by atoms with Gasteiger partial charge in [0.05, 0.1) is 12.0 Å². The van der Waals surface area contributed by atoms with Crippen molar-refractivity contribution in [3.05, 3.63) is 28.6 Å². The van der Waals surface area contributed by atoms with Crippen molar-refractivity contribution in [2.45, 2.75) is 19.9 Å². The molecule has 6 nitrogen and oxygen atoms in total. The number of nitrogens with zero attached hydrogens (tertiary/aromatic N) is 1. The monoisotopic (exact) mass is 295 g/mol. The third kappa shape index (κ3) is 2.62. The first kappa shape index (κ1) is 14.4. The number of aryl methyl sites for hydroxylation is 1. The van der Waals surface area contributed by atoms with E-state index >= 15 is 0 Å². The average molecular weight is 295 g/mol. The summed E-state index contributed by atoms with van der Waals surface area (Å²) in [6.45, 7) is 3.23. The van der Waals surface area contributed by atoms with Gasteiger partial charge < -0.3 is 9.15 Å². The second-order valence-corrected chi connectivity index (χ2v) is 5.19. The molecule has 1 atom stereocenters. The number of carbonyl (C=O) groups excluding carboxylic acids is 3. The Morgan fingerprint density at radius 2 is 2.15 bits per heavy atom. The van der Waals surface area contributed by atoms with Crippen molar-refractivity contribution < 1.29 is 23.5 Å². The van der Waals surface area contributed by atoms with Crippen molar-refractivity contribution in [2.24, 2.45) is 0 Å². The Bertz CT molecular complexity index is 604. The lowest BCUT2D eigenvalue weighted by Gasteiger charge is -2.18. The molecule has 2 rings (SSSR count). The molecule has 0 aliphatic carbocycles. The molecular weight excluding hydrogens is 282 g/mol. The number of methoxy groups -OCH3 is 1. The second kappa shape index (κ2) is 5.54. The number of furan rings is 1. The van der Waals surface area contributed by atoms with Crippen LogP contribution in [0.1, 0.15) is 18.4 Å². The molecule has 0 N–H and O–H groups in total. The van der Waals surface area contributed by atoms with Gasteiger partial charge in [0, 0.05) is 6.08 Å². The number of imide groups is 1. The number of rotatable bonds is 3. The third-order valence-corrected chi connectivity index (χ3v) is 3.67. The van der Waals surface area contributed by atoms with E-state index in [1.807, 2.05) is 0 Å². The Balaban J connectivity index is 2.25. The standard InChI is InChI=1S/C13H13NO5S/c1-7-4-5-9(19-7)6-10-11(15)14(13(17)20-10)8(2)12(16)18-3/h4-6,8H,1-3H3/b10-6-/t8-/m0/s1. The highest BCUT2D eigenvalue weighted by Gasteiger charge is 2.41. The SMILES string of the molecule is COC(=O)[C@H](C)N1C(=O)S/C(=C\c2ccc(C)o2)C1=O. The van der Waals surface area contributed by atoms with Crippen LogP contribution in [0.4, 0.5) is 4.79 Å². The van der Waals surface area contributed by atoms with E-state index in [-0.39, 0.29) is 4.91 Å². The fraction of sp³-hybridized carbons (Fsp3) is 0.308. The molecule has 1 aliphatic rings. The van der Waals surface area contributed by atoms with Gasteiger partial charge in [0.15, 0.2) is 0 Å². The van der Waals surface area contributed by atoms with Crippen LogP contribution in [0.25, 0.3) is 6.08 Å². The van der Waals surface area contributed by atoms with Crippen molar-refractivity contribution in [2.75, 3.05) is 7.11 Å². The summed E-state index contributed by atoms with van der Waals surface area (Å²) in [6, 6.07) is 2.51. The van der Waals surface area contributed by atoms with E-state index in [2.05, 4.69) is 4.74 Å². The molecule has 0 spiro atoms. The molecule has 0 bridgehead atoms. The normalized spacial score (nSPS) is 18.8. The van der Waals surface area contributed by atoms with E-state index in [9.17, 15) is 14.4 Å². The fourth-order valence-electron chi connectivity index (χ4n) is 1.75. The minimum absolute atomic E-state index is 0.222. The maximum atomic E-state index is 12.2. The topological polar surface area (TPSA) is 76.8 Å². The van der Waals surface area contributed by atoms with Crippen molar-refractivity contribution in [1.29, 1.82) is 0 Å². The fourth-order valence-corrected chi connectivity index (χ4v) is 2.64. The molecule has 106 valence electrons. The number of hydrogen-bond donors (Lipinski definition) is 0. The predicted octanol–water partition coefficient (Wildman–Crippen LogP) is 2.19. The van der Waals surface area contributed by atoms with Gasteiger partial charge in [-0.1, -0.05) is 0 Å². The lowest BCUT2D eigenvalue weighted by Crippen LogP contribution is -2.42. The molecule has 7 heteroatoms. The minimum atomic E-state index is -0.947. The lowest BCUT2D eigenvalue weighted by molar-refractivity contribution is -0.148. The second-order valence-electron chi connectivity index (χ2n) is 4.20. The molecule has 1 aromatic rings. The van der Waals surface area contributed by atoms with Crippen molar-refractivity contribution in [3.63, 3.8) is 0 Å². The van der Waals surface area contributed by atoms with Crippen molar-refractivity contribution in [1.82, 2.24) is 4.90 Å². The van der Waals surface area contributed by atoms with Crippen molar-refractivity contribution >= 4 is 35.0 Å². The van der Waals surface area contributed by atoms with Gasteiger partial charge in [0.25, 0.3) is 11.1 Å². The quantitative estimate of drug-likeness (QED) is 0.628. The smallest absolute Gasteiger partial charge is 0.328 e. The van der Waals surface area contributed by atoms with E-state index in [1.54, 1.807) is 19.1 Å². The molecule has 20 heavy (non-hydrogen) atoms. The Kier molecular flexibility index (Phi) is 3.99. The van der Waals surface area contributed by atoms with Crippen LogP contribution in [0.2, 0.25) is 0 Å². The summed E-state index contributed by atoms with van der Waals surface area (Å²) in [4.78, 5) is 36.5. The van der Waals surface area contributed by atoms with E-state index < -0.39 is 23.2 Å². The van der Waals surface area contributed by atoms with Gasteiger partial charge in [-0.25, -0.2) is 4.79 Å². The number of ether oxygens (including phenoxy) is 1. The van der Waals surface area contributed by atoms with Crippen LogP contribution in [0.5, 0.6) is 0 Å². The predicted molar refractivity (Wildman–Crippen MR) is 72.7 cm³/mol. The molecule has 1 saturated heterocycles. The highest BCUT2D eigenvalue weighted by Crippen LogP contribution is 2.33. The minimum Gasteiger partial charge on any atom is -0.467 e. The Hall–Kier alpha value is -2.02. The highest BCUT2D eigenvalue weighted by molar-refractivity contribution is 8.18. The van der Waals surface area contributed by atoms with Crippen LogP contribution in [0.15, 0.2) is 21.5 Å². The van der Waals surface area contributed by atoms with Gasteiger partial charge in [0.1, 0.15) is 17.6 Å². The summed E-state index contributed by atoms with van der Waals surface area (Å²) in [5.41, 5.74) is 0. The molecule has 2 amide bonds. The summed E-state index contributed by atoms with van der Waals surface area (Å²) in [6.07, 6.45) is 1.49. The average Bonchev–Trinajstić information content (AvgIpc) is 2.93. The first-order valence-electron chi connectivity index (χ1n) is 5.85. The van der Waals surface area contributed by atoms with Gasteiger partial charge in [-0.15, -0.1) is 0 Å². The molecule has 0 aromatic carbocycles. The Morgan fingerprint density at radius 3 is 2.70 bits per heavy atom. The highest BCUT2D eigenvalue weighted by atomic mass is 32.2. The maximum absolute atomic E-state index is 12.2. The number of esters is 1. The summed E-state index contributed by atoms with van der Waals surface area (Å²) in [5, 5.41) is -0.498. The molecule has 1 fully saturated rings. The summed E-state index contributed by atoms with van der Waals surface area (Å²) < 4.78 is 9.88. The van der Waals surface area contributed by atoms with Crippen LogP contribution in [-0.4, -0.2) is 35.2 Å². The van der Waals surface area contributed by atoms with E-state index in [4.69, 9.17) is 4.42 Å². The largest absolute Gasteiger partial charge is 0.467 e. The summed E-state index contributed by atoms with van der Waals surface area (Å²) in [5.74, 6) is 0.0338. The van der Waals surface area contributed by atoms with Crippen LogP contribution in [-0.2, 0) is 14.3 Å². The van der Waals surface area contributed by atoms with E-state index in [0.29, 0.717) is 11.5 Å². The van der Waals surface area contributed by atoms with Gasteiger partial charge in [0.2, 0.25) is 0 Å². The van der Waals surface area contributed by atoms with E-state index in [0.717, 1.165) is 16.7 Å². The molecule has 0 radical (unpaired) electrons. The molecule has 1 aromatic heterocycles. The van der Waals surface area contributed by atoms with Gasteiger partial charge in [-0.05, 0) is 37.7 Å². The van der Waals surface area contributed by atoms with Gasteiger partial charge >= 0.3 is 5.97 Å². The Morgan fingerprint density at radius 1 is 1.45 bits per heavy atom. The first-order chi connectivity index (χ1) is 9.43. The number of amides is 2. The number of thioether (sulfide) groups is 1. The zero-order valence-electron chi connectivity index (χ0n) is 11.2. The molecule has 0 saturated carbocycles. The van der Waals surface area contributed by atoms with Crippen LogP contribution in [0, 0.1) is 6.92 Å². The third-order valence-electron chi connectivity index (χ3n) is 2.79. The van der Waals surface area contributed by atoms with E-state index in [1.165, 1.54) is 20.1 Å².